The van der Waals surface area contributed by atoms with E-state index in [9.17, 15) is 19.6 Å². The highest BCUT2D eigenvalue weighted by Crippen LogP contribution is 2.33. The fraction of sp³-hybridized carbons (Fsp3) is 0.636. The first kappa shape index (κ1) is 23.5. The molecule has 164 valence electrons. The van der Waals surface area contributed by atoms with Gasteiger partial charge in [0.25, 0.3) is 5.91 Å². The van der Waals surface area contributed by atoms with E-state index in [-0.39, 0.29) is 17.4 Å². The van der Waals surface area contributed by atoms with Crippen LogP contribution in [0.15, 0.2) is 0 Å². The molecule has 0 bridgehead atoms. The van der Waals surface area contributed by atoms with Gasteiger partial charge in [0, 0.05) is 12.7 Å². The number of hydrogen-bond acceptors (Lipinski definition) is 6. The largest absolute Gasteiger partial charge is 0.459 e. The minimum Gasteiger partial charge on any atom is -0.459 e. The smallest absolute Gasteiger partial charge is 0.355 e. The summed E-state index contributed by atoms with van der Waals surface area (Å²) in [7, 11) is 1.59. The van der Waals surface area contributed by atoms with E-state index < -0.39 is 29.5 Å². The Balaban J connectivity index is 2.15. The number of likely N-dealkylation sites (N-methyl/N-ethyl adjacent to an activating group) is 1. The van der Waals surface area contributed by atoms with Crippen molar-refractivity contribution in [1.29, 1.82) is 5.26 Å². The molecule has 1 heterocycles. The first-order valence-electron chi connectivity index (χ1n) is 10.3. The quantitative estimate of drug-likeness (QED) is 0.710. The van der Waals surface area contributed by atoms with Crippen LogP contribution in [0.2, 0.25) is 0 Å². The molecule has 1 saturated carbocycles. The Morgan fingerprint density at radius 3 is 2.20 bits per heavy atom. The maximum absolute atomic E-state index is 12.9. The van der Waals surface area contributed by atoms with Crippen molar-refractivity contribution in [2.45, 2.75) is 84.5 Å². The summed E-state index contributed by atoms with van der Waals surface area (Å²) < 4.78 is 10.6. The lowest BCUT2D eigenvalue weighted by Crippen LogP contribution is -2.53. The number of aromatic amines is 1. The van der Waals surface area contributed by atoms with Crippen LogP contribution in [0.5, 0.6) is 0 Å². The molecule has 1 N–H and O–H groups in total. The summed E-state index contributed by atoms with van der Waals surface area (Å²) in [6, 6.07) is 2.29. The van der Waals surface area contributed by atoms with E-state index in [0.717, 1.165) is 19.3 Å². The molecule has 0 aliphatic heterocycles. The van der Waals surface area contributed by atoms with Crippen molar-refractivity contribution < 1.29 is 23.9 Å². The average molecular weight is 418 g/mol. The Hall–Kier alpha value is -2.82. The molecule has 1 amide bonds. The van der Waals surface area contributed by atoms with Crippen molar-refractivity contribution in [3.05, 3.63) is 22.5 Å². The predicted octanol–water partition coefficient (Wildman–Crippen LogP) is 3.43. The summed E-state index contributed by atoms with van der Waals surface area (Å²) in [6.07, 6.45) is 2.69. The van der Waals surface area contributed by atoms with Crippen LogP contribution < -0.4 is 0 Å². The monoisotopic (exact) mass is 417 g/mol. The fourth-order valence-electron chi connectivity index (χ4n) is 3.95. The van der Waals surface area contributed by atoms with Crippen molar-refractivity contribution in [2.75, 3.05) is 7.05 Å². The van der Waals surface area contributed by atoms with Gasteiger partial charge in [-0.3, -0.25) is 4.79 Å². The van der Waals surface area contributed by atoms with E-state index in [1.807, 2.05) is 0 Å². The van der Waals surface area contributed by atoms with Crippen LogP contribution in [0.25, 0.3) is 0 Å². The van der Waals surface area contributed by atoms with Gasteiger partial charge in [-0.15, -0.1) is 0 Å². The Kier molecular flexibility index (Phi) is 7.30. The molecule has 0 unspecified atom stereocenters. The molecule has 1 aromatic heterocycles. The number of nitriles is 1. The molecular formula is C22H31N3O5. The second kappa shape index (κ2) is 9.33. The summed E-state index contributed by atoms with van der Waals surface area (Å²) in [4.78, 5) is 42.2. The maximum atomic E-state index is 12.9. The first-order valence-corrected chi connectivity index (χ1v) is 10.3. The number of carbonyl (C=O) groups excluding carboxylic acids is 3. The molecule has 8 nitrogen and oxygen atoms in total. The lowest BCUT2D eigenvalue weighted by Gasteiger charge is -2.39. The van der Waals surface area contributed by atoms with Crippen molar-refractivity contribution in [2.24, 2.45) is 0 Å². The highest BCUT2D eigenvalue weighted by Gasteiger charge is 2.41. The van der Waals surface area contributed by atoms with Crippen LogP contribution >= 0.6 is 0 Å². The summed E-state index contributed by atoms with van der Waals surface area (Å²) in [5, 5.41) is 9.69. The van der Waals surface area contributed by atoms with Gasteiger partial charge in [0.15, 0.2) is 6.10 Å². The van der Waals surface area contributed by atoms with Gasteiger partial charge >= 0.3 is 11.9 Å². The molecule has 1 aliphatic carbocycles. The van der Waals surface area contributed by atoms with E-state index in [1.165, 1.54) is 11.8 Å². The van der Waals surface area contributed by atoms with Gasteiger partial charge in [-0.2, -0.15) is 5.26 Å². The molecule has 30 heavy (non-hydrogen) atoms. The van der Waals surface area contributed by atoms with Crippen LogP contribution in [-0.4, -0.2) is 52.5 Å². The zero-order valence-corrected chi connectivity index (χ0v) is 18.6. The summed E-state index contributed by atoms with van der Waals surface area (Å²) in [6.45, 7) is 8.28. The summed E-state index contributed by atoms with van der Waals surface area (Å²) in [5.41, 5.74) is 0.447. The normalized spacial score (nSPS) is 16.5. The minimum atomic E-state index is -1.07. The molecule has 1 aliphatic rings. The molecule has 1 atom stereocenters. The van der Waals surface area contributed by atoms with E-state index in [1.54, 1.807) is 34.7 Å². The third kappa shape index (κ3) is 4.66. The number of ether oxygens (including phenoxy) is 2. The first-order chi connectivity index (χ1) is 14.0. The van der Waals surface area contributed by atoms with Gasteiger partial charge in [0.05, 0.1) is 17.7 Å². The number of aryl methyl sites for hydroxylation is 1. The number of H-pyrrole nitrogens is 1. The predicted molar refractivity (Wildman–Crippen MR) is 110 cm³/mol. The van der Waals surface area contributed by atoms with Crippen LogP contribution in [0, 0.1) is 25.2 Å². The van der Waals surface area contributed by atoms with Crippen LogP contribution in [0.4, 0.5) is 0 Å². The van der Waals surface area contributed by atoms with E-state index in [0.29, 0.717) is 24.1 Å². The molecule has 0 aromatic carbocycles. The van der Waals surface area contributed by atoms with Gasteiger partial charge < -0.3 is 19.4 Å². The van der Waals surface area contributed by atoms with Gasteiger partial charge in [-0.05, 0) is 53.0 Å². The third-order valence-electron chi connectivity index (χ3n) is 5.68. The number of esters is 2. The van der Waals surface area contributed by atoms with Crippen molar-refractivity contribution in [1.82, 2.24) is 9.88 Å². The van der Waals surface area contributed by atoms with E-state index in [4.69, 9.17) is 9.47 Å². The number of carbonyl (C=O) groups is 3. The SMILES string of the molecule is Cc1[nH]c(C(=O)O[C@@H](C)C(=O)N(C)C2(C#N)CCCCC2)c(C)c1C(=O)OC(C)C. The zero-order chi connectivity index (χ0) is 22.6. The minimum absolute atomic E-state index is 0.109. The molecule has 0 saturated heterocycles. The highest BCUT2D eigenvalue weighted by atomic mass is 16.6. The van der Waals surface area contributed by atoms with Gasteiger partial charge in [-0.25, -0.2) is 9.59 Å². The lowest BCUT2D eigenvalue weighted by atomic mass is 9.81. The number of amides is 1. The topological polar surface area (TPSA) is 112 Å². The molecular weight excluding hydrogens is 386 g/mol. The van der Waals surface area contributed by atoms with Crippen molar-refractivity contribution >= 4 is 17.8 Å². The van der Waals surface area contributed by atoms with Crippen LogP contribution in [0.3, 0.4) is 0 Å². The molecule has 1 fully saturated rings. The summed E-state index contributed by atoms with van der Waals surface area (Å²) >= 11 is 0. The number of nitrogens with one attached hydrogen (secondary N) is 1. The number of rotatable bonds is 6. The standard InChI is InChI=1S/C22H31N3O5/c1-13(2)29-20(27)17-14(3)18(24-15(17)4)21(28)30-16(5)19(26)25(6)22(12-23)10-8-7-9-11-22/h13,16,24H,7-11H2,1-6H3/t16-/m0/s1. The van der Waals surface area contributed by atoms with Crippen LogP contribution in [-0.2, 0) is 14.3 Å². The number of aromatic nitrogens is 1. The molecule has 0 radical (unpaired) electrons. The Morgan fingerprint density at radius 2 is 1.67 bits per heavy atom. The zero-order valence-electron chi connectivity index (χ0n) is 18.6. The third-order valence-corrected chi connectivity index (χ3v) is 5.68. The number of hydrogen-bond donors (Lipinski definition) is 1. The Bertz CT molecular complexity index is 859. The highest BCUT2D eigenvalue weighted by molar-refractivity contribution is 5.99. The van der Waals surface area contributed by atoms with E-state index in [2.05, 4.69) is 11.1 Å². The molecule has 8 heteroatoms. The van der Waals surface area contributed by atoms with Gasteiger partial charge in [0.2, 0.25) is 0 Å². The molecule has 0 spiro atoms. The van der Waals surface area contributed by atoms with Crippen molar-refractivity contribution in [3.63, 3.8) is 0 Å². The van der Waals surface area contributed by atoms with E-state index >= 15 is 0 Å². The second-order valence-electron chi connectivity index (χ2n) is 8.23. The average Bonchev–Trinajstić information content (AvgIpc) is 3.00. The fourth-order valence-corrected chi connectivity index (χ4v) is 3.95. The van der Waals surface area contributed by atoms with Crippen molar-refractivity contribution in [3.8, 4) is 6.07 Å². The second-order valence-corrected chi connectivity index (χ2v) is 8.23. The number of nitrogens with zero attached hydrogens (tertiary/aromatic N) is 2. The van der Waals surface area contributed by atoms with Crippen LogP contribution in [0.1, 0.15) is 85.0 Å². The lowest BCUT2D eigenvalue weighted by molar-refractivity contribution is -0.143. The summed E-state index contributed by atoms with van der Waals surface area (Å²) in [5.74, 6) is -1.68. The van der Waals surface area contributed by atoms with Gasteiger partial charge in [0.1, 0.15) is 11.2 Å². The molecule has 1 aromatic rings. The Morgan fingerprint density at radius 1 is 1.07 bits per heavy atom. The molecule has 2 rings (SSSR count). The van der Waals surface area contributed by atoms with Gasteiger partial charge in [-0.1, -0.05) is 19.3 Å². The maximum Gasteiger partial charge on any atom is 0.355 e. The Labute approximate surface area is 177 Å².